The van der Waals surface area contributed by atoms with E-state index in [1.807, 2.05) is 0 Å². The number of nitrogens with two attached hydrogens (primary N) is 1. The Morgan fingerprint density at radius 1 is 1.00 bits per heavy atom. The molecule has 0 bridgehead atoms. The van der Waals surface area contributed by atoms with Crippen LogP contribution in [0.15, 0.2) is 59.4 Å². The van der Waals surface area contributed by atoms with E-state index in [-0.39, 0.29) is 41.6 Å². The molecule has 2 heterocycles. The molecule has 2 N–H and O–H groups in total. The number of aromatic nitrogens is 4. The number of rotatable bonds is 6. The second-order valence-corrected chi connectivity index (χ2v) is 6.84. The average molecular weight is 419 g/mol. The Morgan fingerprint density at radius 2 is 1.68 bits per heavy atom. The number of Topliss-reactive ketones (excluding diaryl/α,β-unsaturated/α-hetero) is 1. The van der Waals surface area contributed by atoms with Crippen LogP contribution in [0.1, 0.15) is 27.8 Å². The van der Waals surface area contributed by atoms with E-state index >= 15 is 0 Å². The van der Waals surface area contributed by atoms with Gasteiger partial charge in [0.15, 0.2) is 22.9 Å². The van der Waals surface area contributed by atoms with E-state index in [4.69, 9.17) is 5.73 Å². The highest BCUT2D eigenvalue weighted by atomic mass is 19.1. The Hall–Kier alpha value is -4.14. The summed E-state index contributed by atoms with van der Waals surface area (Å²) in [6.45, 7) is 1.69. The molecule has 4 rings (SSSR count). The monoisotopic (exact) mass is 419 g/mol. The van der Waals surface area contributed by atoms with E-state index in [1.165, 1.54) is 33.4 Å². The van der Waals surface area contributed by atoms with Crippen molar-refractivity contribution in [3.8, 4) is 11.4 Å². The first-order valence-electron chi connectivity index (χ1n) is 9.55. The molecule has 0 saturated carbocycles. The van der Waals surface area contributed by atoms with Crippen molar-refractivity contribution in [2.24, 2.45) is 5.73 Å². The van der Waals surface area contributed by atoms with Crippen molar-refractivity contribution in [3.63, 3.8) is 0 Å². The van der Waals surface area contributed by atoms with E-state index in [9.17, 15) is 18.8 Å². The standard InChI is InChI=1S/C22H18FN5O3/c1-2-27-21-18(28(22(27)31)12-16(29)13-6-4-3-5-7-13)17(19(24)30)25-20(26-21)14-8-10-15(23)11-9-14/h3-11H,2,12H2,1H3,(H2,24,30). The number of carbonyl (C=O) groups is 2. The zero-order valence-corrected chi connectivity index (χ0v) is 16.6. The van der Waals surface area contributed by atoms with Crippen molar-refractivity contribution in [2.75, 3.05) is 0 Å². The summed E-state index contributed by atoms with van der Waals surface area (Å²) < 4.78 is 15.8. The molecule has 156 valence electrons. The molecular formula is C22H18FN5O3. The van der Waals surface area contributed by atoms with Gasteiger partial charge in [-0.25, -0.2) is 19.2 Å². The number of primary amides is 1. The minimum atomic E-state index is -0.870. The van der Waals surface area contributed by atoms with Crippen molar-refractivity contribution >= 4 is 22.9 Å². The maximum atomic E-state index is 13.3. The van der Waals surface area contributed by atoms with E-state index in [2.05, 4.69) is 9.97 Å². The second kappa shape index (κ2) is 7.94. The fourth-order valence-corrected chi connectivity index (χ4v) is 3.40. The third kappa shape index (κ3) is 3.61. The number of carbonyl (C=O) groups excluding carboxylic acids is 2. The van der Waals surface area contributed by atoms with Crippen LogP contribution in [0.2, 0.25) is 0 Å². The molecule has 1 amide bonds. The average Bonchev–Trinajstić information content (AvgIpc) is 3.04. The SMILES string of the molecule is CCn1c(=O)n(CC(=O)c2ccccc2)c2c(C(N)=O)nc(-c3ccc(F)cc3)nc21. The van der Waals surface area contributed by atoms with Crippen LogP contribution in [0.25, 0.3) is 22.6 Å². The fraction of sp³-hybridized carbons (Fsp3) is 0.136. The van der Waals surface area contributed by atoms with Gasteiger partial charge < -0.3 is 5.73 Å². The summed E-state index contributed by atoms with van der Waals surface area (Å²) in [6, 6.07) is 13.9. The van der Waals surface area contributed by atoms with E-state index in [0.717, 1.165) is 0 Å². The maximum absolute atomic E-state index is 13.3. The van der Waals surface area contributed by atoms with Gasteiger partial charge in [-0.05, 0) is 31.2 Å². The number of amides is 1. The topological polar surface area (TPSA) is 113 Å². The molecule has 0 aliphatic carbocycles. The first-order valence-corrected chi connectivity index (χ1v) is 9.55. The summed E-state index contributed by atoms with van der Waals surface area (Å²) >= 11 is 0. The highest BCUT2D eigenvalue weighted by Gasteiger charge is 2.24. The van der Waals surface area contributed by atoms with E-state index in [1.54, 1.807) is 37.3 Å². The number of ketones is 1. The van der Waals surface area contributed by atoms with Gasteiger partial charge in [0, 0.05) is 17.7 Å². The largest absolute Gasteiger partial charge is 0.364 e. The number of imidazole rings is 1. The minimum absolute atomic E-state index is 0.0921. The Labute approximate surface area is 175 Å². The first-order chi connectivity index (χ1) is 14.9. The summed E-state index contributed by atoms with van der Waals surface area (Å²) in [6.07, 6.45) is 0. The Morgan fingerprint density at radius 3 is 2.29 bits per heavy atom. The summed E-state index contributed by atoms with van der Waals surface area (Å²) in [5, 5.41) is 0. The van der Waals surface area contributed by atoms with Crippen LogP contribution in [0.3, 0.4) is 0 Å². The van der Waals surface area contributed by atoms with Crippen molar-refractivity contribution in [1.29, 1.82) is 0 Å². The lowest BCUT2D eigenvalue weighted by Crippen LogP contribution is -2.27. The summed E-state index contributed by atoms with van der Waals surface area (Å²) in [7, 11) is 0. The molecule has 0 unspecified atom stereocenters. The maximum Gasteiger partial charge on any atom is 0.330 e. The van der Waals surface area contributed by atoms with Crippen LogP contribution < -0.4 is 11.4 Å². The lowest BCUT2D eigenvalue weighted by molar-refractivity contribution is 0.0966. The van der Waals surface area contributed by atoms with Gasteiger partial charge >= 0.3 is 5.69 Å². The van der Waals surface area contributed by atoms with Crippen LogP contribution in [-0.2, 0) is 13.1 Å². The van der Waals surface area contributed by atoms with E-state index in [0.29, 0.717) is 11.1 Å². The van der Waals surface area contributed by atoms with Crippen molar-refractivity contribution < 1.29 is 14.0 Å². The molecule has 9 heteroatoms. The molecule has 0 spiro atoms. The van der Waals surface area contributed by atoms with Crippen LogP contribution in [0.4, 0.5) is 4.39 Å². The molecule has 0 radical (unpaired) electrons. The van der Waals surface area contributed by atoms with Gasteiger partial charge in [0.05, 0.1) is 6.54 Å². The number of hydrogen-bond acceptors (Lipinski definition) is 5. The summed E-state index contributed by atoms with van der Waals surface area (Å²) in [5.41, 5.74) is 6.02. The van der Waals surface area contributed by atoms with Gasteiger partial charge in [-0.2, -0.15) is 0 Å². The molecule has 0 fully saturated rings. The molecule has 2 aromatic heterocycles. The summed E-state index contributed by atoms with van der Waals surface area (Å²) in [5.74, 6) is -1.49. The third-order valence-electron chi connectivity index (χ3n) is 4.90. The number of fused-ring (bicyclic) bond motifs is 1. The normalized spacial score (nSPS) is 11.0. The predicted molar refractivity (Wildman–Crippen MR) is 112 cm³/mol. The molecule has 0 aliphatic rings. The smallest absolute Gasteiger partial charge is 0.330 e. The minimum Gasteiger partial charge on any atom is -0.364 e. The third-order valence-corrected chi connectivity index (χ3v) is 4.90. The first kappa shape index (κ1) is 20.1. The predicted octanol–water partition coefficient (Wildman–Crippen LogP) is 2.40. The van der Waals surface area contributed by atoms with E-state index < -0.39 is 17.4 Å². The molecule has 8 nitrogen and oxygen atoms in total. The number of benzene rings is 2. The Kier molecular flexibility index (Phi) is 5.16. The van der Waals surface area contributed by atoms with Crippen molar-refractivity contribution in [2.45, 2.75) is 20.0 Å². The van der Waals surface area contributed by atoms with Gasteiger partial charge in [-0.1, -0.05) is 30.3 Å². The number of nitrogens with zero attached hydrogens (tertiary/aromatic N) is 4. The quantitative estimate of drug-likeness (QED) is 0.482. The Bertz CT molecular complexity index is 1360. The van der Waals surface area contributed by atoms with Crippen LogP contribution in [-0.4, -0.2) is 30.8 Å². The van der Waals surface area contributed by atoms with Gasteiger partial charge in [0.1, 0.15) is 11.3 Å². The molecule has 31 heavy (non-hydrogen) atoms. The second-order valence-electron chi connectivity index (χ2n) is 6.84. The molecule has 4 aromatic rings. The summed E-state index contributed by atoms with van der Waals surface area (Å²) in [4.78, 5) is 46.7. The lowest BCUT2D eigenvalue weighted by Gasteiger charge is -2.07. The zero-order valence-electron chi connectivity index (χ0n) is 16.6. The highest BCUT2D eigenvalue weighted by molar-refractivity contribution is 6.03. The Balaban J connectivity index is 1.94. The van der Waals surface area contributed by atoms with Gasteiger partial charge in [0.25, 0.3) is 5.91 Å². The molecule has 0 aliphatic heterocycles. The zero-order chi connectivity index (χ0) is 22.1. The lowest BCUT2D eigenvalue weighted by atomic mass is 10.1. The van der Waals surface area contributed by atoms with Gasteiger partial charge in [-0.15, -0.1) is 0 Å². The van der Waals surface area contributed by atoms with Crippen LogP contribution in [0, 0.1) is 5.82 Å². The number of halogens is 1. The van der Waals surface area contributed by atoms with Gasteiger partial charge in [0.2, 0.25) is 0 Å². The van der Waals surface area contributed by atoms with Gasteiger partial charge in [-0.3, -0.25) is 18.7 Å². The van der Waals surface area contributed by atoms with Crippen molar-refractivity contribution in [3.05, 3.63) is 82.2 Å². The van der Waals surface area contributed by atoms with Crippen LogP contribution >= 0.6 is 0 Å². The molecule has 0 atom stereocenters. The molecular weight excluding hydrogens is 401 g/mol. The highest BCUT2D eigenvalue weighted by Crippen LogP contribution is 2.22. The molecule has 0 saturated heterocycles. The number of aryl methyl sites for hydroxylation is 1. The molecule has 2 aromatic carbocycles. The fourth-order valence-electron chi connectivity index (χ4n) is 3.40. The van der Waals surface area contributed by atoms with Crippen molar-refractivity contribution in [1.82, 2.24) is 19.1 Å². The number of hydrogen-bond donors (Lipinski definition) is 1. The van der Waals surface area contributed by atoms with Crippen LogP contribution in [0.5, 0.6) is 0 Å².